The number of carbonyl (C=O) groups is 1. The van der Waals surface area contributed by atoms with Gasteiger partial charge in [0.05, 0.1) is 5.56 Å². The molecule has 1 heterocycles. The molecule has 1 saturated heterocycles. The third-order valence-corrected chi connectivity index (χ3v) is 4.97. The second-order valence-corrected chi connectivity index (χ2v) is 7.23. The summed E-state index contributed by atoms with van der Waals surface area (Å²) < 4.78 is 5.92. The lowest BCUT2D eigenvalue weighted by Crippen LogP contribution is -2.39. The lowest BCUT2D eigenvalue weighted by Gasteiger charge is -2.23. The molecule has 1 aliphatic rings. The van der Waals surface area contributed by atoms with Crippen LogP contribution in [0.2, 0.25) is 0 Å². The number of rotatable bonds is 7. The predicted molar refractivity (Wildman–Crippen MR) is 114 cm³/mol. The van der Waals surface area contributed by atoms with Crippen LogP contribution in [0.25, 0.3) is 0 Å². The van der Waals surface area contributed by atoms with Gasteiger partial charge in [0.1, 0.15) is 12.4 Å². The highest BCUT2D eigenvalue weighted by atomic mass is 16.6. The number of hydrogen-bond donors (Lipinski definition) is 1. The van der Waals surface area contributed by atoms with Gasteiger partial charge in [-0.25, -0.2) is 0 Å². The Morgan fingerprint density at radius 2 is 1.69 bits per heavy atom. The van der Waals surface area contributed by atoms with E-state index >= 15 is 0 Å². The van der Waals surface area contributed by atoms with Crippen LogP contribution in [0, 0.1) is 0 Å². The summed E-state index contributed by atoms with van der Waals surface area (Å²) in [6.45, 7) is 3.70. The molecule has 29 heavy (non-hydrogen) atoms. The van der Waals surface area contributed by atoms with Crippen molar-refractivity contribution in [2.45, 2.75) is 45.3 Å². The third-order valence-electron chi connectivity index (χ3n) is 4.97. The second-order valence-electron chi connectivity index (χ2n) is 7.23. The first-order chi connectivity index (χ1) is 14.1. The summed E-state index contributed by atoms with van der Waals surface area (Å²) in [4.78, 5) is 19.9. The van der Waals surface area contributed by atoms with Crippen molar-refractivity contribution < 1.29 is 14.4 Å². The largest absolute Gasteiger partial charge is 0.488 e. The minimum atomic E-state index is -0.677. The normalized spacial score (nSPS) is 16.0. The summed E-state index contributed by atoms with van der Waals surface area (Å²) in [5, 5.41) is 4.02. The van der Waals surface area contributed by atoms with E-state index < -0.39 is 6.10 Å². The van der Waals surface area contributed by atoms with Crippen molar-refractivity contribution in [3.63, 3.8) is 0 Å². The number of likely N-dealkylation sites (tertiary alicyclic amines) is 1. The van der Waals surface area contributed by atoms with Crippen LogP contribution >= 0.6 is 0 Å². The molecule has 0 bridgehead atoms. The smallest absolute Gasteiger partial charge is 0.266 e. The van der Waals surface area contributed by atoms with E-state index in [4.69, 9.17) is 15.3 Å². The van der Waals surface area contributed by atoms with E-state index in [-0.39, 0.29) is 11.7 Å². The van der Waals surface area contributed by atoms with Gasteiger partial charge in [-0.1, -0.05) is 60.5 Å². The fraction of sp³-hybridized carbons (Fsp3) is 0.391. The molecule has 3 rings (SSSR count). The summed E-state index contributed by atoms with van der Waals surface area (Å²) >= 11 is 0. The van der Waals surface area contributed by atoms with E-state index in [1.165, 1.54) is 12.8 Å². The standard InChI is InChI=1S/C23H29N3O3/c1-18(23(27)26-15-9-2-3-10-16-26)29-25-22(24)20-13-7-8-14-21(20)28-17-19-11-5-4-6-12-19/h4-8,11-14,18H,2-3,9-10,15-17H2,1H3,(H2,24,25). The van der Waals surface area contributed by atoms with Crippen molar-refractivity contribution in [2.75, 3.05) is 13.1 Å². The number of amides is 1. The van der Waals surface area contributed by atoms with Crippen LogP contribution in [0.3, 0.4) is 0 Å². The molecule has 1 amide bonds. The monoisotopic (exact) mass is 395 g/mol. The zero-order valence-corrected chi connectivity index (χ0v) is 16.9. The highest BCUT2D eigenvalue weighted by molar-refractivity contribution is 5.99. The van der Waals surface area contributed by atoms with Crippen molar-refractivity contribution >= 4 is 11.7 Å². The topological polar surface area (TPSA) is 77.1 Å². The highest BCUT2D eigenvalue weighted by Gasteiger charge is 2.23. The summed E-state index contributed by atoms with van der Waals surface area (Å²) in [6.07, 6.45) is 3.74. The number of benzene rings is 2. The molecule has 1 fully saturated rings. The fourth-order valence-electron chi connectivity index (χ4n) is 3.32. The van der Waals surface area contributed by atoms with E-state index in [1.54, 1.807) is 6.92 Å². The van der Waals surface area contributed by atoms with Gasteiger partial charge in [0.15, 0.2) is 5.84 Å². The average Bonchev–Trinajstić information content (AvgIpc) is 3.06. The van der Waals surface area contributed by atoms with Gasteiger partial charge in [0.2, 0.25) is 6.10 Å². The number of ether oxygens (including phenoxy) is 1. The van der Waals surface area contributed by atoms with Gasteiger partial charge in [-0.15, -0.1) is 0 Å². The van der Waals surface area contributed by atoms with Gasteiger partial charge in [0, 0.05) is 13.1 Å². The van der Waals surface area contributed by atoms with E-state index in [0.717, 1.165) is 31.5 Å². The van der Waals surface area contributed by atoms with E-state index in [1.807, 2.05) is 59.5 Å². The molecule has 0 saturated carbocycles. The van der Waals surface area contributed by atoms with Gasteiger partial charge in [-0.3, -0.25) is 4.79 Å². The first kappa shape index (κ1) is 20.7. The molecule has 0 spiro atoms. The second kappa shape index (κ2) is 10.5. The van der Waals surface area contributed by atoms with Gasteiger partial charge < -0.3 is 20.2 Å². The van der Waals surface area contributed by atoms with Crippen molar-refractivity contribution in [3.8, 4) is 5.75 Å². The third kappa shape index (κ3) is 5.98. The van der Waals surface area contributed by atoms with Crippen molar-refractivity contribution in [1.82, 2.24) is 4.90 Å². The van der Waals surface area contributed by atoms with E-state index in [0.29, 0.717) is 17.9 Å². The molecule has 154 valence electrons. The van der Waals surface area contributed by atoms with Crippen LogP contribution in [-0.2, 0) is 16.2 Å². The lowest BCUT2D eigenvalue weighted by molar-refractivity contribution is -0.142. The number of oxime groups is 1. The molecule has 0 aliphatic carbocycles. The molecule has 1 unspecified atom stereocenters. The Morgan fingerprint density at radius 1 is 1.03 bits per heavy atom. The number of para-hydroxylation sites is 1. The number of carbonyl (C=O) groups excluding carboxylic acids is 1. The molecular formula is C23H29N3O3. The Morgan fingerprint density at radius 3 is 2.41 bits per heavy atom. The number of hydrogen-bond acceptors (Lipinski definition) is 4. The quantitative estimate of drug-likeness (QED) is 0.441. The van der Waals surface area contributed by atoms with E-state index in [2.05, 4.69) is 5.16 Å². The summed E-state index contributed by atoms with van der Waals surface area (Å²) in [7, 11) is 0. The van der Waals surface area contributed by atoms with Crippen molar-refractivity contribution in [3.05, 3.63) is 65.7 Å². The number of nitrogens with two attached hydrogens (primary N) is 1. The maximum absolute atomic E-state index is 12.6. The average molecular weight is 396 g/mol. The van der Waals surface area contributed by atoms with Crippen LogP contribution in [0.1, 0.15) is 43.7 Å². The predicted octanol–water partition coefficient (Wildman–Crippen LogP) is 3.69. The summed E-state index contributed by atoms with van der Waals surface area (Å²) in [6, 6.07) is 17.3. The SMILES string of the molecule is CC(O/N=C(/N)c1ccccc1OCc1ccccc1)C(=O)N1CCCCCC1. The Hall–Kier alpha value is -3.02. The maximum Gasteiger partial charge on any atom is 0.266 e. The molecule has 6 heteroatoms. The highest BCUT2D eigenvalue weighted by Crippen LogP contribution is 2.19. The molecule has 1 aliphatic heterocycles. The fourth-order valence-corrected chi connectivity index (χ4v) is 3.32. The van der Waals surface area contributed by atoms with Gasteiger partial charge in [-0.05, 0) is 37.5 Å². The van der Waals surface area contributed by atoms with Gasteiger partial charge in [0.25, 0.3) is 5.91 Å². The van der Waals surface area contributed by atoms with Crippen LogP contribution in [0.5, 0.6) is 5.75 Å². The van der Waals surface area contributed by atoms with Crippen LogP contribution in [0.15, 0.2) is 59.8 Å². The molecule has 1 atom stereocenters. The van der Waals surface area contributed by atoms with Crippen molar-refractivity contribution in [1.29, 1.82) is 0 Å². The Kier molecular flexibility index (Phi) is 7.50. The molecule has 2 N–H and O–H groups in total. The maximum atomic E-state index is 12.6. The first-order valence-electron chi connectivity index (χ1n) is 10.2. The minimum absolute atomic E-state index is 0.0444. The lowest BCUT2D eigenvalue weighted by atomic mass is 10.2. The van der Waals surface area contributed by atoms with Crippen LogP contribution in [-0.4, -0.2) is 35.8 Å². The van der Waals surface area contributed by atoms with Gasteiger partial charge >= 0.3 is 0 Å². The number of nitrogens with zero attached hydrogens (tertiary/aromatic N) is 2. The number of amidine groups is 1. The molecule has 2 aromatic rings. The van der Waals surface area contributed by atoms with Crippen molar-refractivity contribution in [2.24, 2.45) is 10.9 Å². The van der Waals surface area contributed by atoms with Crippen LogP contribution in [0.4, 0.5) is 0 Å². The van der Waals surface area contributed by atoms with Crippen LogP contribution < -0.4 is 10.5 Å². The zero-order chi connectivity index (χ0) is 20.5. The minimum Gasteiger partial charge on any atom is -0.488 e. The summed E-state index contributed by atoms with van der Waals surface area (Å²) in [5.74, 6) is 0.758. The molecule has 2 aromatic carbocycles. The van der Waals surface area contributed by atoms with E-state index in [9.17, 15) is 4.79 Å². The molecular weight excluding hydrogens is 366 g/mol. The molecule has 6 nitrogen and oxygen atoms in total. The molecule has 0 aromatic heterocycles. The summed E-state index contributed by atoms with van der Waals surface area (Å²) in [5.41, 5.74) is 7.83. The Balaban J connectivity index is 1.62. The molecule has 0 radical (unpaired) electrons. The Labute approximate surface area is 172 Å². The first-order valence-corrected chi connectivity index (χ1v) is 10.2. The zero-order valence-electron chi connectivity index (χ0n) is 16.9. The van der Waals surface area contributed by atoms with Gasteiger partial charge in [-0.2, -0.15) is 0 Å². The Bertz CT molecular complexity index is 815.